The number of rotatable bonds is 5. The van der Waals surface area contributed by atoms with Gasteiger partial charge in [0.05, 0.1) is 0 Å². The zero-order valence-electron chi connectivity index (χ0n) is 17.2. The summed E-state index contributed by atoms with van der Waals surface area (Å²) in [5, 5.41) is 3.76. The van der Waals surface area contributed by atoms with E-state index < -0.39 is 0 Å². The summed E-state index contributed by atoms with van der Waals surface area (Å²) in [5.74, 6) is 0.465. The highest BCUT2D eigenvalue weighted by Gasteiger charge is 2.13. The first-order valence-electron chi connectivity index (χ1n) is 9.74. The molecule has 0 aliphatic rings. The fourth-order valence-electron chi connectivity index (χ4n) is 3.02. The topological polar surface area (TPSA) is 64.1 Å². The molecule has 0 unspecified atom stereocenters. The molecule has 1 N–H and O–H groups in total. The largest absolute Gasteiger partial charge is 0.484 e. The van der Waals surface area contributed by atoms with Crippen molar-refractivity contribution in [3.63, 3.8) is 0 Å². The van der Waals surface area contributed by atoms with E-state index in [1.54, 1.807) is 6.20 Å². The number of carbonyl (C=O) groups is 1. The fraction of sp³-hybridized carbons (Fsp3) is 0.208. The maximum atomic E-state index is 12.3. The van der Waals surface area contributed by atoms with E-state index in [4.69, 9.17) is 4.74 Å². The standard InChI is InChI=1S/C24H23N3O2S/c1-24(2,3)17-9-11-19(12-10-17)29-15-21(28)26-18-7-4-6-16(14-18)22-27-20-8-5-13-25-23(20)30-22/h4-14H,15H2,1-3H3,(H,26,28). The number of carbonyl (C=O) groups excluding carboxylic acids is 1. The average molecular weight is 418 g/mol. The molecule has 0 spiro atoms. The number of hydrogen-bond donors (Lipinski definition) is 1. The Bertz CT molecular complexity index is 1140. The molecule has 5 nitrogen and oxygen atoms in total. The number of nitrogens with one attached hydrogen (secondary N) is 1. The van der Waals surface area contributed by atoms with Gasteiger partial charge >= 0.3 is 0 Å². The second-order valence-corrected chi connectivity index (χ2v) is 9.02. The molecule has 4 aromatic rings. The number of aromatic nitrogens is 2. The lowest BCUT2D eigenvalue weighted by Gasteiger charge is -2.19. The van der Waals surface area contributed by atoms with Crippen molar-refractivity contribution >= 4 is 33.3 Å². The normalized spacial score (nSPS) is 11.4. The van der Waals surface area contributed by atoms with Gasteiger partial charge in [0.2, 0.25) is 0 Å². The summed E-state index contributed by atoms with van der Waals surface area (Å²) in [6, 6.07) is 19.3. The minimum absolute atomic E-state index is 0.0514. The van der Waals surface area contributed by atoms with Crippen LogP contribution in [0.2, 0.25) is 0 Å². The molecule has 2 heterocycles. The van der Waals surface area contributed by atoms with Crippen LogP contribution in [-0.2, 0) is 10.2 Å². The van der Waals surface area contributed by atoms with Gasteiger partial charge in [-0.3, -0.25) is 4.79 Å². The third-order valence-corrected chi connectivity index (χ3v) is 5.68. The van der Waals surface area contributed by atoms with Crippen molar-refractivity contribution in [1.29, 1.82) is 0 Å². The zero-order chi connectivity index (χ0) is 21.1. The van der Waals surface area contributed by atoms with Crippen molar-refractivity contribution in [3.05, 3.63) is 72.4 Å². The molecular weight excluding hydrogens is 394 g/mol. The summed E-state index contributed by atoms with van der Waals surface area (Å²) in [6.45, 7) is 6.43. The Labute approximate surface area is 179 Å². The number of fused-ring (bicyclic) bond motifs is 1. The van der Waals surface area contributed by atoms with Crippen molar-refractivity contribution in [2.24, 2.45) is 0 Å². The Morgan fingerprint density at radius 1 is 1.07 bits per heavy atom. The van der Waals surface area contributed by atoms with Gasteiger partial charge in [-0.25, -0.2) is 9.97 Å². The van der Waals surface area contributed by atoms with Crippen LogP contribution >= 0.6 is 11.3 Å². The lowest BCUT2D eigenvalue weighted by Crippen LogP contribution is -2.20. The van der Waals surface area contributed by atoms with Crippen LogP contribution in [0.5, 0.6) is 5.75 Å². The third kappa shape index (κ3) is 4.66. The Balaban J connectivity index is 1.39. The van der Waals surface area contributed by atoms with Crippen LogP contribution < -0.4 is 10.1 Å². The van der Waals surface area contributed by atoms with E-state index in [1.165, 1.54) is 16.9 Å². The third-order valence-electron chi connectivity index (χ3n) is 4.65. The molecule has 0 fully saturated rings. The zero-order valence-corrected chi connectivity index (χ0v) is 18.0. The molecule has 0 saturated heterocycles. The lowest BCUT2D eigenvalue weighted by molar-refractivity contribution is -0.118. The molecule has 0 aliphatic heterocycles. The van der Waals surface area contributed by atoms with Crippen LogP contribution in [0.25, 0.3) is 20.9 Å². The molecule has 0 atom stereocenters. The summed E-state index contributed by atoms with van der Waals surface area (Å²) in [5.41, 5.74) is 3.82. The Hall–Kier alpha value is -3.25. The van der Waals surface area contributed by atoms with Crippen LogP contribution in [0.4, 0.5) is 5.69 Å². The first-order chi connectivity index (χ1) is 14.4. The van der Waals surface area contributed by atoms with Crippen molar-refractivity contribution in [2.75, 3.05) is 11.9 Å². The maximum absolute atomic E-state index is 12.3. The van der Waals surface area contributed by atoms with E-state index in [1.807, 2.05) is 60.7 Å². The first-order valence-corrected chi connectivity index (χ1v) is 10.6. The van der Waals surface area contributed by atoms with E-state index in [-0.39, 0.29) is 17.9 Å². The number of amides is 1. The molecule has 0 aliphatic carbocycles. The SMILES string of the molecule is CC(C)(C)c1ccc(OCC(=O)Nc2cccc(-c3nc4cccnc4s3)c2)cc1. The van der Waals surface area contributed by atoms with Gasteiger partial charge in [-0.05, 0) is 47.4 Å². The molecule has 2 aromatic carbocycles. The monoisotopic (exact) mass is 417 g/mol. The molecule has 4 rings (SSSR count). The van der Waals surface area contributed by atoms with Crippen molar-refractivity contribution in [3.8, 4) is 16.3 Å². The van der Waals surface area contributed by atoms with Gasteiger partial charge in [-0.15, -0.1) is 0 Å². The number of pyridine rings is 1. The molecule has 30 heavy (non-hydrogen) atoms. The van der Waals surface area contributed by atoms with Crippen LogP contribution in [0.15, 0.2) is 66.9 Å². The van der Waals surface area contributed by atoms with E-state index in [0.717, 1.165) is 20.9 Å². The quantitative estimate of drug-likeness (QED) is 0.454. The molecule has 2 aromatic heterocycles. The summed E-state index contributed by atoms with van der Waals surface area (Å²) < 4.78 is 5.63. The van der Waals surface area contributed by atoms with Gasteiger partial charge in [-0.2, -0.15) is 0 Å². The number of hydrogen-bond acceptors (Lipinski definition) is 5. The molecule has 1 amide bonds. The second kappa shape index (κ2) is 8.24. The highest BCUT2D eigenvalue weighted by atomic mass is 32.1. The predicted octanol–water partition coefficient (Wildman–Crippen LogP) is 5.67. The number of ether oxygens (including phenoxy) is 1. The van der Waals surface area contributed by atoms with E-state index in [0.29, 0.717) is 11.4 Å². The molecule has 0 bridgehead atoms. The molecule has 152 valence electrons. The van der Waals surface area contributed by atoms with E-state index in [9.17, 15) is 4.79 Å². The summed E-state index contributed by atoms with van der Waals surface area (Å²) in [7, 11) is 0. The highest BCUT2D eigenvalue weighted by molar-refractivity contribution is 7.21. The average Bonchev–Trinajstić information content (AvgIpc) is 3.16. The van der Waals surface area contributed by atoms with Gasteiger partial charge in [0, 0.05) is 17.4 Å². The van der Waals surface area contributed by atoms with Crippen LogP contribution in [0.1, 0.15) is 26.3 Å². The highest BCUT2D eigenvalue weighted by Crippen LogP contribution is 2.30. The number of thiazole rings is 1. The summed E-state index contributed by atoms with van der Waals surface area (Å²) in [4.78, 5) is 22.2. The van der Waals surface area contributed by atoms with Gasteiger partial charge in [0.25, 0.3) is 5.91 Å². The molecule has 6 heteroatoms. The van der Waals surface area contributed by atoms with Gasteiger partial charge < -0.3 is 10.1 Å². The maximum Gasteiger partial charge on any atom is 0.262 e. The minimum Gasteiger partial charge on any atom is -0.484 e. The van der Waals surface area contributed by atoms with E-state index in [2.05, 4.69) is 36.1 Å². The van der Waals surface area contributed by atoms with Gasteiger partial charge in [0.15, 0.2) is 6.61 Å². The minimum atomic E-state index is -0.210. The summed E-state index contributed by atoms with van der Waals surface area (Å²) in [6.07, 6.45) is 1.76. The predicted molar refractivity (Wildman–Crippen MR) is 122 cm³/mol. The number of nitrogens with zero attached hydrogens (tertiary/aromatic N) is 2. The smallest absolute Gasteiger partial charge is 0.262 e. The summed E-state index contributed by atoms with van der Waals surface area (Å²) >= 11 is 1.53. The Kier molecular flexibility index (Phi) is 5.50. The first kappa shape index (κ1) is 20.0. The Morgan fingerprint density at radius 2 is 1.87 bits per heavy atom. The molecule has 0 radical (unpaired) electrons. The van der Waals surface area contributed by atoms with Crippen molar-refractivity contribution in [2.45, 2.75) is 26.2 Å². The van der Waals surface area contributed by atoms with Crippen molar-refractivity contribution in [1.82, 2.24) is 9.97 Å². The van der Waals surface area contributed by atoms with Crippen LogP contribution in [-0.4, -0.2) is 22.5 Å². The van der Waals surface area contributed by atoms with E-state index >= 15 is 0 Å². The second-order valence-electron chi connectivity index (χ2n) is 8.04. The Morgan fingerprint density at radius 3 is 2.60 bits per heavy atom. The van der Waals surface area contributed by atoms with Crippen LogP contribution in [0, 0.1) is 0 Å². The number of benzene rings is 2. The molecular formula is C24H23N3O2S. The van der Waals surface area contributed by atoms with Gasteiger partial charge in [0.1, 0.15) is 21.1 Å². The lowest BCUT2D eigenvalue weighted by atomic mass is 9.87. The van der Waals surface area contributed by atoms with Crippen molar-refractivity contribution < 1.29 is 9.53 Å². The number of anilines is 1. The molecule has 0 saturated carbocycles. The van der Waals surface area contributed by atoms with Gasteiger partial charge in [-0.1, -0.05) is 56.4 Å². The fourth-order valence-corrected chi connectivity index (χ4v) is 3.92. The van der Waals surface area contributed by atoms with Crippen LogP contribution in [0.3, 0.4) is 0 Å².